The Hall–Kier alpha value is -3.02. The number of methoxy groups -OCH3 is 2. The van der Waals surface area contributed by atoms with Crippen molar-refractivity contribution in [3.8, 4) is 11.5 Å². The van der Waals surface area contributed by atoms with Crippen LogP contribution in [0.5, 0.6) is 11.5 Å². The van der Waals surface area contributed by atoms with Crippen LogP contribution in [0.15, 0.2) is 60.9 Å². The third-order valence-electron chi connectivity index (χ3n) is 4.05. The molecule has 0 aliphatic rings. The van der Waals surface area contributed by atoms with E-state index >= 15 is 0 Å². The second-order valence-corrected chi connectivity index (χ2v) is 6.67. The number of pyridine rings is 1. The van der Waals surface area contributed by atoms with Crippen LogP contribution in [-0.4, -0.2) is 25.2 Å². The summed E-state index contributed by atoms with van der Waals surface area (Å²) >= 11 is 12.5. The van der Waals surface area contributed by atoms with Gasteiger partial charge in [0.15, 0.2) is 11.5 Å². The summed E-state index contributed by atoms with van der Waals surface area (Å²) < 4.78 is 16.3. The molecule has 29 heavy (non-hydrogen) atoms. The molecule has 148 valence electrons. The molecule has 5 nitrogen and oxygen atoms in total. The number of benzene rings is 2. The van der Waals surface area contributed by atoms with E-state index in [-0.39, 0.29) is 5.76 Å². The van der Waals surface area contributed by atoms with Gasteiger partial charge in [0.1, 0.15) is 5.76 Å². The predicted octanol–water partition coefficient (Wildman–Crippen LogP) is 5.76. The Morgan fingerprint density at radius 3 is 2.17 bits per heavy atom. The van der Waals surface area contributed by atoms with Crippen molar-refractivity contribution in [1.29, 1.82) is 0 Å². The number of nitrogens with zero attached hydrogens (tertiary/aromatic N) is 1. The number of esters is 1. The summed E-state index contributed by atoms with van der Waals surface area (Å²) in [6.45, 7) is 0. The summed E-state index contributed by atoms with van der Waals surface area (Å²) in [6.07, 6.45) is 4.52. The molecular formula is C22H17Cl2NO4. The normalized spacial score (nSPS) is 11.1. The Morgan fingerprint density at radius 2 is 1.55 bits per heavy atom. The molecule has 7 heteroatoms. The first-order valence-corrected chi connectivity index (χ1v) is 9.29. The lowest BCUT2D eigenvalue weighted by molar-refractivity contribution is 0.0693. The number of hydrogen-bond donors (Lipinski definition) is 0. The van der Waals surface area contributed by atoms with Crippen LogP contribution in [-0.2, 0) is 4.74 Å². The molecule has 0 radical (unpaired) electrons. The van der Waals surface area contributed by atoms with E-state index in [0.717, 1.165) is 0 Å². The zero-order chi connectivity index (χ0) is 20.8. The molecule has 2 aromatic carbocycles. The smallest absolute Gasteiger partial charge is 0.343 e. The number of rotatable bonds is 6. The molecule has 0 atom stereocenters. The summed E-state index contributed by atoms with van der Waals surface area (Å²) in [4.78, 5) is 16.6. The van der Waals surface area contributed by atoms with Crippen molar-refractivity contribution in [2.45, 2.75) is 0 Å². The molecule has 0 amide bonds. The van der Waals surface area contributed by atoms with Gasteiger partial charge in [0, 0.05) is 23.5 Å². The number of aromatic nitrogens is 1. The van der Waals surface area contributed by atoms with E-state index in [1.807, 2.05) is 6.07 Å². The number of halogens is 2. The van der Waals surface area contributed by atoms with Crippen LogP contribution in [0.25, 0.3) is 11.8 Å². The monoisotopic (exact) mass is 429 g/mol. The van der Waals surface area contributed by atoms with Crippen molar-refractivity contribution in [3.05, 3.63) is 87.7 Å². The van der Waals surface area contributed by atoms with E-state index < -0.39 is 5.97 Å². The van der Waals surface area contributed by atoms with Gasteiger partial charge in [-0.25, -0.2) is 4.79 Å². The second kappa shape index (κ2) is 9.45. The largest absolute Gasteiger partial charge is 0.493 e. The number of ether oxygens (including phenoxy) is 3. The molecule has 0 fully saturated rings. The SMILES string of the molecule is COc1ccc(/C(=C/c2c(Cl)cncc2Cl)OC(=O)c2ccccc2)cc1OC. The van der Waals surface area contributed by atoms with Gasteiger partial charge in [0.05, 0.1) is 29.8 Å². The third kappa shape index (κ3) is 4.88. The van der Waals surface area contributed by atoms with Gasteiger partial charge >= 0.3 is 5.97 Å². The highest BCUT2D eigenvalue weighted by Gasteiger charge is 2.16. The molecule has 0 aliphatic heterocycles. The lowest BCUT2D eigenvalue weighted by Crippen LogP contribution is -2.05. The summed E-state index contributed by atoms with van der Waals surface area (Å²) in [5, 5.41) is 0.650. The van der Waals surface area contributed by atoms with Gasteiger partial charge in [-0.1, -0.05) is 41.4 Å². The average molecular weight is 430 g/mol. The van der Waals surface area contributed by atoms with Crippen LogP contribution in [0.2, 0.25) is 10.0 Å². The Morgan fingerprint density at radius 1 is 0.897 bits per heavy atom. The van der Waals surface area contributed by atoms with E-state index in [9.17, 15) is 4.79 Å². The lowest BCUT2D eigenvalue weighted by Gasteiger charge is -2.13. The van der Waals surface area contributed by atoms with E-state index in [1.54, 1.807) is 55.7 Å². The van der Waals surface area contributed by atoms with Crippen LogP contribution < -0.4 is 9.47 Å². The quantitative estimate of drug-likeness (QED) is 0.368. The molecule has 3 rings (SSSR count). The Balaban J connectivity index is 2.09. The van der Waals surface area contributed by atoms with Gasteiger partial charge in [0.25, 0.3) is 0 Å². The zero-order valence-electron chi connectivity index (χ0n) is 15.7. The molecule has 0 spiro atoms. The zero-order valence-corrected chi connectivity index (χ0v) is 17.2. The molecule has 0 saturated carbocycles. The van der Waals surface area contributed by atoms with Gasteiger partial charge in [-0.05, 0) is 36.4 Å². The number of carbonyl (C=O) groups excluding carboxylic acids is 1. The maximum Gasteiger partial charge on any atom is 0.343 e. The highest BCUT2D eigenvalue weighted by Crippen LogP contribution is 2.34. The van der Waals surface area contributed by atoms with Crippen molar-refractivity contribution < 1.29 is 19.0 Å². The van der Waals surface area contributed by atoms with Crippen molar-refractivity contribution in [1.82, 2.24) is 4.98 Å². The molecule has 0 unspecified atom stereocenters. The standard InChI is InChI=1S/C22H17Cl2NO4/c1-27-19-9-8-15(10-21(19)28-2)20(11-16-17(23)12-25-13-18(16)24)29-22(26)14-6-4-3-5-7-14/h3-13H,1-2H3/b20-11-. The Labute approximate surface area is 178 Å². The molecule has 0 bridgehead atoms. The molecule has 0 aliphatic carbocycles. The topological polar surface area (TPSA) is 57.7 Å². The summed E-state index contributed by atoms with van der Waals surface area (Å²) in [7, 11) is 3.07. The predicted molar refractivity (Wildman–Crippen MR) is 114 cm³/mol. The van der Waals surface area contributed by atoms with Crippen LogP contribution in [0.3, 0.4) is 0 Å². The van der Waals surface area contributed by atoms with E-state index in [0.29, 0.717) is 38.2 Å². The Kier molecular flexibility index (Phi) is 6.75. The van der Waals surface area contributed by atoms with Crippen molar-refractivity contribution >= 4 is 41.0 Å². The summed E-state index contributed by atoms with van der Waals surface area (Å²) in [5.74, 6) is 0.756. The fraction of sp³-hybridized carbons (Fsp3) is 0.0909. The second-order valence-electron chi connectivity index (χ2n) is 5.85. The highest BCUT2D eigenvalue weighted by atomic mass is 35.5. The minimum Gasteiger partial charge on any atom is -0.493 e. The number of carbonyl (C=O) groups is 1. The van der Waals surface area contributed by atoms with E-state index in [4.69, 9.17) is 37.4 Å². The summed E-state index contributed by atoms with van der Waals surface area (Å²) in [6, 6.07) is 13.8. The molecule has 0 saturated heterocycles. The minimum absolute atomic E-state index is 0.245. The van der Waals surface area contributed by atoms with Gasteiger partial charge in [-0.15, -0.1) is 0 Å². The van der Waals surface area contributed by atoms with Crippen molar-refractivity contribution in [3.63, 3.8) is 0 Å². The molecule has 3 aromatic rings. The first-order valence-electron chi connectivity index (χ1n) is 8.53. The van der Waals surface area contributed by atoms with Gasteiger partial charge in [0.2, 0.25) is 0 Å². The molecular weight excluding hydrogens is 413 g/mol. The van der Waals surface area contributed by atoms with E-state index in [2.05, 4.69) is 4.98 Å². The maximum absolute atomic E-state index is 12.7. The molecule has 1 aromatic heterocycles. The van der Waals surface area contributed by atoms with Crippen LogP contribution in [0.4, 0.5) is 0 Å². The fourth-order valence-corrected chi connectivity index (χ4v) is 3.06. The average Bonchev–Trinajstić information content (AvgIpc) is 2.75. The third-order valence-corrected chi connectivity index (χ3v) is 4.65. The van der Waals surface area contributed by atoms with Crippen LogP contribution in [0, 0.1) is 0 Å². The van der Waals surface area contributed by atoms with Crippen molar-refractivity contribution in [2.24, 2.45) is 0 Å². The lowest BCUT2D eigenvalue weighted by atomic mass is 10.1. The summed E-state index contributed by atoms with van der Waals surface area (Å²) in [5.41, 5.74) is 1.47. The molecule has 1 heterocycles. The van der Waals surface area contributed by atoms with Gasteiger partial charge in [-0.3, -0.25) is 4.98 Å². The van der Waals surface area contributed by atoms with Crippen molar-refractivity contribution in [2.75, 3.05) is 14.2 Å². The van der Waals surface area contributed by atoms with Crippen LogP contribution >= 0.6 is 23.2 Å². The van der Waals surface area contributed by atoms with E-state index in [1.165, 1.54) is 19.5 Å². The van der Waals surface area contributed by atoms with Crippen LogP contribution in [0.1, 0.15) is 21.5 Å². The first-order chi connectivity index (χ1) is 14.0. The number of hydrogen-bond acceptors (Lipinski definition) is 5. The Bertz CT molecular complexity index is 1030. The minimum atomic E-state index is -0.520. The van der Waals surface area contributed by atoms with Gasteiger partial charge in [-0.2, -0.15) is 0 Å². The fourth-order valence-electron chi connectivity index (χ4n) is 2.58. The molecule has 0 N–H and O–H groups in total. The highest BCUT2D eigenvalue weighted by molar-refractivity contribution is 6.37. The van der Waals surface area contributed by atoms with Gasteiger partial charge < -0.3 is 14.2 Å². The first kappa shape index (κ1) is 20.7. The maximum atomic E-state index is 12.7.